The van der Waals surface area contributed by atoms with Gasteiger partial charge in [-0.1, -0.05) is 183 Å². The highest BCUT2D eigenvalue weighted by atomic mass is 14.3. The van der Waals surface area contributed by atoms with E-state index in [1.165, 1.54) is 110 Å². The van der Waals surface area contributed by atoms with Crippen LogP contribution in [0.1, 0.15) is 28.7 Å². The monoisotopic (exact) mass is 710 g/mol. The molecule has 0 heteroatoms. The van der Waals surface area contributed by atoms with Crippen molar-refractivity contribution in [3.8, 4) is 55.6 Å². The SMILES string of the molecule is C=C/C(=C\Cc1cccc(-c2cc(C3=c4cccc5c4=C(CC=C3)c3ccccc3-5)cc(-c3ccc4c5c(cccc35)-c3ccccc3-4)c2)c1)c1ccccc1. The fourth-order valence-electron chi connectivity index (χ4n) is 9.51. The third-order valence-electron chi connectivity index (χ3n) is 12.1. The standard InChI is InChI=1S/C56H38/c1-2-37(38-15-4-3-5-16-38)29-28-36-14-10-17-39(32-36)40-33-41(43-22-11-25-51-45-18-6-7-19-46(45)52-26-12-23-49(43)55(51)52)35-42(34-40)44-30-31-54-48-21-9-8-20-47(48)53-27-13-24-50(44)56(53)54/h2-24,26-27,29-35H,1,25,28H2/b37-29+. The second kappa shape index (κ2) is 13.1. The summed E-state index contributed by atoms with van der Waals surface area (Å²) < 4.78 is 0. The summed E-state index contributed by atoms with van der Waals surface area (Å²) in [7, 11) is 0. The third kappa shape index (κ3) is 5.14. The van der Waals surface area contributed by atoms with Crippen molar-refractivity contribution in [3.05, 3.63) is 233 Å². The molecule has 0 radical (unpaired) electrons. The van der Waals surface area contributed by atoms with Crippen LogP contribution in [0.3, 0.4) is 0 Å². The van der Waals surface area contributed by atoms with E-state index in [0.717, 1.165) is 18.4 Å². The highest BCUT2D eigenvalue weighted by Gasteiger charge is 2.24. The van der Waals surface area contributed by atoms with Crippen molar-refractivity contribution in [2.75, 3.05) is 0 Å². The molecular weight excluding hydrogens is 673 g/mol. The van der Waals surface area contributed by atoms with Gasteiger partial charge in [0, 0.05) is 0 Å². The minimum Gasteiger partial charge on any atom is -0.0985 e. The Bertz CT molecular complexity index is 3100. The van der Waals surface area contributed by atoms with Gasteiger partial charge in [0.2, 0.25) is 0 Å². The van der Waals surface area contributed by atoms with Crippen LogP contribution in [0.5, 0.6) is 0 Å². The molecule has 262 valence electrons. The van der Waals surface area contributed by atoms with E-state index in [9.17, 15) is 0 Å². The van der Waals surface area contributed by atoms with E-state index in [2.05, 4.69) is 195 Å². The average molecular weight is 711 g/mol. The second-order valence-electron chi connectivity index (χ2n) is 15.1. The van der Waals surface area contributed by atoms with Gasteiger partial charge < -0.3 is 0 Å². The van der Waals surface area contributed by atoms with Gasteiger partial charge in [0.25, 0.3) is 0 Å². The Hall–Kier alpha value is -7.02. The van der Waals surface area contributed by atoms with Crippen molar-refractivity contribution in [1.29, 1.82) is 0 Å². The van der Waals surface area contributed by atoms with E-state index in [-0.39, 0.29) is 0 Å². The first-order valence-electron chi connectivity index (χ1n) is 19.6. The Balaban J connectivity index is 1.12. The molecule has 3 aliphatic carbocycles. The number of fused-ring (bicyclic) bond motifs is 6. The highest BCUT2D eigenvalue weighted by molar-refractivity contribution is 6.18. The highest BCUT2D eigenvalue weighted by Crippen LogP contribution is 2.49. The summed E-state index contributed by atoms with van der Waals surface area (Å²) in [6.07, 6.45) is 10.7. The molecule has 11 rings (SSSR count). The lowest BCUT2D eigenvalue weighted by atomic mass is 9.88. The zero-order valence-electron chi connectivity index (χ0n) is 31.1. The Morgan fingerprint density at radius 2 is 1.14 bits per heavy atom. The lowest BCUT2D eigenvalue weighted by Gasteiger charge is -2.15. The van der Waals surface area contributed by atoms with Gasteiger partial charge in [0.15, 0.2) is 0 Å². The third-order valence-corrected chi connectivity index (χ3v) is 12.1. The molecule has 0 unspecified atom stereocenters. The largest absolute Gasteiger partial charge is 0.0985 e. The molecule has 8 aromatic carbocycles. The van der Waals surface area contributed by atoms with Gasteiger partial charge in [-0.25, -0.2) is 0 Å². The molecule has 0 bridgehead atoms. The van der Waals surface area contributed by atoms with Gasteiger partial charge in [-0.3, -0.25) is 0 Å². The normalized spacial score (nSPS) is 13.4. The van der Waals surface area contributed by atoms with Gasteiger partial charge in [0.05, 0.1) is 0 Å². The molecule has 0 saturated carbocycles. The molecular formula is C56H38. The molecule has 56 heavy (non-hydrogen) atoms. The predicted octanol–water partition coefficient (Wildman–Crippen LogP) is 13.0. The summed E-state index contributed by atoms with van der Waals surface area (Å²) in [5, 5.41) is 5.33. The molecule has 0 heterocycles. The average Bonchev–Trinajstić information content (AvgIpc) is 3.68. The summed E-state index contributed by atoms with van der Waals surface area (Å²) in [5.41, 5.74) is 21.8. The summed E-state index contributed by atoms with van der Waals surface area (Å²) >= 11 is 0. The summed E-state index contributed by atoms with van der Waals surface area (Å²) in [6.45, 7) is 4.13. The maximum atomic E-state index is 4.13. The zero-order valence-corrected chi connectivity index (χ0v) is 31.1. The first-order valence-corrected chi connectivity index (χ1v) is 19.6. The number of hydrogen-bond donors (Lipinski definition) is 0. The van der Waals surface area contributed by atoms with Gasteiger partial charge in [-0.2, -0.15) is 0 Å². The van der Waals surface area contributed by atoms with Gasteiger partial charge in [-0.15, -0.1) is 0 Å². The first-order chi connectivity index (χ1) is 27.7. The van der Waals surface area contributed by atoms with E-state index in [1.807, 2.05) is 6.08 Å². The predicted molar refractivity (Wildman–Crippen MR) is 237 cm³/mol. The van der Waals surface area contributed by atoms with E-state index in [1.54, 1.807) is 0 Å². The van der Waals surface area contributed by atoms with Crippen LogP contribution in [-0.4, -0.2) is 0 Å². The van der Waals surface area contributed by atoms with Crippen LogP contribution >= 0.6 is 0 Å². The summed E-state index contributed by atoms with van der Waals surface area (Å²) in [4.78, 5) is 0. The zero-order chi connectivity index (χ0) is 37.2. The van der Waals surface area contributed by atoms with Crippen LogP contribution in [0.15, 0.2) is 201 Å². The lowest BCUT2D eigenvalue weighted by molar-refractivity contribution is 1.27. The minimum absolute atomic E-state index is 0.821. The van der Waals surface area contributed by atoms with Crippen molar-refractivity contribution in [2.24, 2.45) is 0 Å². The van der Waals surface area contributed by atoms with Crippen molar-refractivity contribution in [3.63, 3.8) is 0 Å². The fraction of sp³-hybridized carbons (Fsp3) is 0.0357. The Labute approximate surface area is 328 Å². The Morgan fingerprint density at radius 3 is 1.96 bits per heavy atom. The van der Waals surface area contributed by atoms with Crippen LogP contribution in [0.4, 0.5) is 0 Å². The number of rotatable bonds is 7. The topological polar surface area (TPSA) is 0 Å². The summed E-state index contributed by atoms with van der Waals surface area (Å²) in [6, 6.07) is 63.0. The van der Waals surface area contributed by atoms with E-state index >= 15 is 0 Å². The van der Waals surface area contributed by atoms with Gasteiger partial charge in [0.1, 0.15) is 0 Å². The molecule has 0 saturated heterocycles. The fourth-order valence-corrected chi connectivity index (χ4v) is 9.51. The van der Waals surface area contributed by atoms with Crippen LogP contribution in [0.25, 0.3) is 83.1 Å². The van der Waals surface area contributed by atoms with Crippen molar-refractivity contribution in [2.45, 2.75) is 12.8 Å². The molecule has 8 aromatic rings. The van der Waals surface area contributed by atoms with E-state index in [4.69, 9.17) is 0 Å². The first kappa shape index (κ1) is 32.4. The quantitative estimate of drug-likeness (QED) is 0.144. The molecule has 3 aliphatic rings. The van der Waals surface area contributed by atoms with Crippen LogP contribution in [0.2, 0.25) is 0 Å². The molecule has 0 spiro atoms. The van der Waals surface area contributed by atoms with E-state index in [0.29, 0.717) is 0 Å². The molecule has 0 amide bonds. The van der Waals surface area contributed by atoms with Gasteiger partial charge in [-0.05, 0) is 147 Å². The maximum absolute atomic E-state index is 4.13. The second-order valence-corrected chi connectivity index (χ2v) is 15.1. The number of benzene rings is 8. The Morgan fingerprint density at radius 1 is 0.500 bits per heavy atom. The molecule has 0 N–H and O–H groups in total. The number of allylic oxidation sites excluding steroid dienone is 5. The van der Waals surface area contributed by atoms with Crippen molar-refractivity contribution in [1.82, 2.24) is 0 Å². The smallest absolute Gasteiger partial charge is 0.00201 e. The van der Waals surface area contributed by atoms with Crippen molar-refractivity contribution < 1.29 is 0 Å². The molecule has 0 aromatic heterocycles. The lowest BCUT2D eigenvalue weighted by Crippen LogP contribution is -2.28. The van der Waals surface area contributed by atoms with Crippen LogP contribution in [-0.2, 0) is 6.42 Å². The minimum atomic E-state index is 0.821. The molecule has 0 fully saturated rings. The summed E-state index contributed by atoms with van der Waals surface area (Å²) in [5.74, 6) is 0. The maximum Gasteiger partial charge on any atom is -0.00201 e. The molecule has 0 nitrogen and oxygen atoms in total. The Kier molecular flexibility index (Phi) is 7.57. The van der Waals surface area contributed by atoms with Crippen LogP contribution < -0.4 is 10.4 Å². The number of hydrogen-bond acceptors (Lipinski definition) is 0. The van der Waals surface area contributed by atoms with Crippen LogP contribution in [0, 0.1) is 0 Å². The molecule has 0 aliphatic heterocycles. The van der Waals surface area contributed by atoms with Gasteiger partial charge >= 0.3 is 0 Å². The van der Waals surface area contributed by atoms with Crippen molar-refractivity contribution >= 4 is 27.5 Å². The molecule has 0 atom stereocenters. The van der Waals surface area contributed by atoms with E-state index < -0.39 is 0 Å².